The first-order valence-electron chi connectivity index (χ1n) is 9.62. The van der Waals surface area contributed by atoms with E-state index in [-0.39, 0.29) is 22.8 Å². The molecule has 1 amide bonds. The zero-order valence-electron chi connectivity index (χ0n) is 16.4. The predicted molar refractivity (Wildman–Crippen MR) is 105 cm³/mol. The summed E-state index contributed by atoms with van der Waals surface area (Å²) in [7, 11) is -3.54. The van der Waals surface area contributed by atoms with Gasteiger partial charge >= 0.3 is 0 Å². The van der Waals surface area contributed by atoms with E-state index in [1.54, 1.807) is 24.3 Å². The molecule has 0 saturated carbocycles. The highest BCUT2D eigenvalue weighted by Crippen LogP contribution is 2.25. The van der Waals surface area contributed by atoms with Gasteiger partial charge in [0.05, 0.1) is 11.5 Å². The van der Waals surface area contributed by atoms with Gasteiger partial charge in [-0.25, -0.2) is 8.42 Å². The van der Waals surface area contributed by atoms with Gasteiger partial charge in [-0.05, 0) is 57.5 Å². The Morgan fingerprint density at radius 1 is 1.22 bits per heavy atom. The van der Waals surface area contributed by atoms with Crippen LogP contribution in [0.25, 0.3) is 0 Å². The normalized spacial score (nSPS) is 17.4. The molecule has 8 heteroatoms. The second-order valence-corrected chi connectivity index (χ2v) is 8.72. The van der Waals surface area contributed by atoms with E-state index in [0.29, 0.717) is 44.8 Å². The number of likely N-dealkylation sites (N-methyl/N-ethyl adjacent to an activating group) is 1. The summed E-state index contributed by atoms with van der Waals surface area (Å²) < 4.78 is 32.4. The van der Waals surface area contributed by atoms with Crippen LogP contribution in [0.15, 0.2) is 29.2 Å². The first kappa shape index (κ1) is 21.7. The van der Waals surface area contributed by atoms with Gasteiger partial charge in [-0.3, -0.25) is 4.79 Å². The SMILES string of the molecule is CCN[C@H](C)CNC(=O)C1CCN(S(=O)(=O)c2ccc(OCC)cc2)CC1. The molecule has 0 radical (unpaired) electrons. The molecular weight excluding hydrogens is 366 g/mol. The molecule has 1 saturated heterocycles. The van der Waals surface area contributed by atoms with Crippen molar-refractivity contribution in [1.29, 1.82) is 0 Å². The van der Waals surface area contributed by atoms with Crippen LogP contribution in [-0.4, -0.2) is 57.5 Å². The van der Waals surface area contributed by atoms with Crippen LogP contribution in [-0.2, 0) is 14.8 Å². The van der Waals surface area contributed by atoms with Crippen molar-refractivity contribution >= 4 is 15.9 Å². The fourth-order valence-electron chi connectivity index (χ4n) is 3.20. The molecule has 0 aromatic heterocycles. The summed E-state index contributed by atoms with van der Waals surface area (Å²) in [5.41, 5.74) is 0. The van der Waals surface area contributed by atoms with E-state index in [2.05, 4.69) is 10.6 Å². The largest absolute Gasteiger partial charge is 0.494 e. The van der Waals surface area contributed by atoms with E-state index >= 15 is 0 Å². The Kier molecular flexibility index (Phi) is 8.07. The van der Waals surface area contributed by atoms with E-state index < -0.39 is 10.0 Å². The second-order valence-electron chi connectivity index (χ2n) is 6.79. The summed E-state index contributed by atoms with van der Waals surface area (Å²) in [4.78, 5) is 12.6. The number of nitrogens with one attached hydrogen (secondary N) is 2. The van der Waals surface area contributed by atoms with Gasteiger partial charge in [-0.1, -0.05) is 6.92 Å². The first-order chi connectivity index (χ1) is 12.9. The van der Waals surface area contributed by atoms with Crippen LogP contribution < -0.4 is 15.4 Å². The first-order valence-corrected chi connectivity index (χ1v) is 11.1. The van der Waals surface area contributed by atoms with Crippen molar-refractivity contribution < 1.29 is 17.9 Å². The fourth-order valence-corrected chi connectivity index (χ4v) is 4.67. The molecule has 1 fully saturated rings. The van der Waals surface area contributed by atoms with Crippen LogP contribution in [0.3, 0.4) is 0 Å². The number of amides is 1. The highest BCUT2D eigenvalue weighted by atomic mass is 32.2. The summed E-state index contributed by atoms with van der Waals surface area (Å²) in [6, 6.07) is 6.70. The van der Waals surface area contributed by atoms with Gasteiger partial charge in [0.15, 0.2) is 0 Å². The maximum absolute atomic E-state index is 12.8. The Morgan fingerprint density at radius 3 is 2.41 bits per heavy atom. The van der Waals surface area contributed by atoms with Crippen molar-refractivity contribution in [3.63, 3.8) is 0 Å². The molecule has 1 atom stereocenters. The number of hydrogen-bond donors (Lipinski definition) is 2. The van der Waals surface area contributed by atoms with Crippen LogP contribution >= 0.6 is 0 Å². The number of carbonyl (C=O) groups excluding carboxylic acids is 1. The number of rotatable bonds is 9. The zero-order chi connectivity index (χ0) is 19.9. The number of nitrogens with zero attached hydrogens (tertiary/aromatic N) is 1. The minimum absolute atomic E-state index is 0.0119. The van der Waals surface area contributed by atoms with Crippen molar-refractivity contribution in [2.75, 3.05) is 32.8 Å². The smallest absolute Gasteiger partial charge is 0.243 e. The van der Waals surface area contributed by atoms with Gasteiger partial charge < -0.3 is 15.4 Å². The molecule has 7 nitrogen and oxygen atoms in total. The predicted octanol–water partition coefficient (Wildman–Crippen LogP) is 1.60. The molecule has 0 unspecified atom stereocenters. The average molecular weight is 398 g/mol. The van der Waals surface area contributed by atoms with E-state index in [4.69, 9.17) is 4.74 Å². The molecule has 0 spiro atoms. The van der Waals surface area contributed by atoms with Crippen LogP contribution in [0.5, 0.6) is 5.75 Å². The topological polar surface area (TPSA) is 87.7 Å². The maximum atomic E-state index is 12.8. The minimum atomic E-state index is -3.54. The van der Waals surface area contributed by atoms with Crippen LogP contribution in [0, 0.1) is 5.92 Å². The number of hydrogen-bond acceptors (Lipinski definition) is 5. The highest BCUT2D eigenvalue weighted by Gasteiger charge is 2.32. The number of sulfonamides is 1. The van der Waals surface area contributed by atoms with Gasteiger partial charge in [-0.2, -0.15) is 4.31 Å². The van der Waals surface area contributed by atoms with Crippen molar-refractivity contribution in [2.24, 2.45) is 5.92 Å². The summed E-state index contributed by atoms with van der Waals surface area (Å²) >= 11 is 0. The molecular formula is C19H31N3O4S. The Hall–Kier alpha value is -1.64. The standard InChI is InChI=1S/C19H31N3O4S/c1-4-20-15(3)14-21-19(23)16-10-12-22(13-11-16)27(24,25)18-8-6-17(7-9-18)26-5-2/h6-9,15-16,20H,4-5,10-14H2,1-3H3,(H,21,23)/t15-/m1/s1. The van der Waals surface area contributed by atoms with E-state index in [1.807, 2.05) is 20.8 Å². The number of ether oxygens (including phenoxy) is 1. The lowest BCUT2D eigenvalue weighted by molar-refractivity contribution is -0.126. The molecule has 1 aromatic carbocycles. The number of carbonyl (C=O) groups is 1. The minimum Gasteiger partial charge on any atom is -0.494 e. The van der Waals surface area contributed by atoms with E-state index in [1.165, 1.54) is 4.31 Å². The third kappa shape index (κ3) is 5.92. The number of piperidine rings is 1. The Bertz CT molecular complexity index is 698. The summed E-state index contributed by atoms with van der Waals surface area (Å²) in [6.07, 6.45) is 1.08. The summed E-state index contributed by atoms with van der Waals surface area (Å²) in [6.45, 7) is 8.62. The van der Waals surface area contributed by atoms with Crippen LogP contribution in [0.1, 0.15) is 33.6 Å². The summed E-state index contributed by atoms with van der Waals surface area (Å²) in [5.74, 6) is 0.530. The monoisotopic (exact) mass is 397 g/mol. The third-order valence-electron chi connectivity index (χ3n) is 4.73. The molecule has 27 heavy (non-hydrogen) atoms. The van der Waals surface area contributed by atoms with Crippen molar-refractivity contribution in [1.82, 2.24) is 14.9 Å². The van der Waals surface area contributed by atoms with E-state index in [0.717, 1.165) is 6.54 Å². The van der Waals surface area contributed by atoms with Crippen LogP contribution in [0.4, 0.5) is 0 Å². The highest BCUT2D eigenvalue weighted by molar-refractivity contribution is 7.89. The molecule has 152 valence electrons. The van der Waals surface area contributed by atoms with Crippen molar-refractivity contribution in [2.45, 2.75) is 44.6 Å². The van der Waals surface area contributed by atoms with Gasteiger partial charge in [-0.15, -0.1) is 0 Å². The molecule has 1 heterocycles. The van der Waals surface area contributed by atoms with Gasteiger partial charge in [0.1, 0.15) is 5.75 Å². The lowest BCUT2D eigenvalue weighted by atomic mass is 9.97. The van der Waals surface area contributed by atoms with Gasteiger partial charge in [0.2, 0.25) is 15.9 Å². The van der Waals surface area contributed by atoms with Gasteiger partial charge in [0, 0.05) is 31.6 Å². The maximum Gasteiger partial charge on any atom is 0.243 e. The second kappa shape index (κ2) is 10.1. The Balaban J connectivity index is 1.89. The molecule has 1 aromatic rings. The molecule has 0 aliphatic carbocycles. The van der Waals surface area contributed by atoms with Crippen molar-refractivity contribution in [3.05, 3.63) is 24.3 Å². The zero-order valence-corrected chi connectivity index (χ0v) is 17.2. The van der Waals surface area contributed by atoms with Crippen molar-refractivity contribution in [3.8, 4) is 5.75 Å². The lowest BCUT2D eigenvalue weighted by Gasteiger charge is -2.30. The molecule has 1 aliphatic heterocycles. The molecule has 1 aliphatic rings. The molecule has 2 rings (SSSR count). The average Bonchev–Trinajstić information content (AvgIpc) is 2.67. The molecule has 0 bridgehead atoms. The Labute approximate surface area is 162 Å². The summed E-state index contributed by atoms with van der Waals surface area (Å²) in [5, 5.41) is 6.21. The van der Waals surface area contributed by atoms with E-state index in [9.17, 15) is 13.2 Å². The Morgan fingerprint density at radius 2 is 1.85 bits per heavy atom. The quantitative estimate of drug-likeness (QED) is 0.661. The molecule has 2 N–H and O–H groups in total. The van der Waals surface area contributed by atoms with Crippen LogP contribution in [0.2, 0.25) is 0 Å². The lowest BCUT2D eigenvalue weighted by Crippen LogP contribution is -2.45. The number of benzene rings is 1. The van der Waals surface area contributed by atoms with Gasteiger partial charge in [0.25, 0.3) is 0 Å². The fraction of sp³-hybridized carbons (Fsp3) is 0.632. The third-order valence-corrected chi connectivity index (χ3v) is 6.65.